The number of carbonyl (C=O) groups excluding carboxylic acids is 1. The molecule has 1 aliphatic heterocycles. The number of nitrogens with zero attached hydrogens (tertiary/aromatic N) is 3. The number of aromatic carboxylic acids is 2. The SMILES string of the molecule is NN.O=C(O)c1cc([N+](=O)[O-])cc(-c2cc3ccccc3s2)c1Cl.O=C(O)c1cc([N+](=O)[O-])cc(I)c1Cl.O=C1NCc2c1cc([N+](=O)[O-])cc2-c1cc2ccccc2s1. The third-order valence-electron chi connectivity index (χ3n) is 8.45. The van der Waals surface area contributed by atoms with Gasteiger partial charge in [-0.3, -0.25) is 46.8 Å². The van der Waals surface area contributed by atoms with E-state index < -0.39 is 26.7 Å². The van der Waals surface area contributed by atoms with Crippen LogP contribution in [0.1, 0.15) is 36.6 Å². The fourth-order valence-corrected chi connectivity index (χ4v) is 9.09. The monoisotopic (exact) mass is 1000 g/mol. The summed E-state index contributed by atoms with van der Waals surface area (Å²) in [5.41, 5.74) is 1.20. The lowest BCUT2D eigenvalue weighted by atomic mass is 10.0. The van der Waals surface area contributed by atoms with Crippen LogP contribution in [-0.2, 0) is 6.54 Å². The Hall–Kier alpha value is -6.14. The molecule has 1 aliphatic rings. The Bertz CT molecular complexity index is 2800. The molecule has 2 aromatic heterocycles. The maximum absolute atomic E-state index is 11.9. The van der Waals surface area contributed by atoms with Crippen molar-refractivity contribution in [3.63, 3.8) is 0 Å². The van der Waals surface area contributed by atoms with Crippen molar-refractivity contribution in [2.45, 2.75) is 6.54 Å². The summed E-state index contributed by atoms with van der Waals surface area (Å²) in [5.74, 6) is 5.17. The van der Waals surface area contributed by atoms with Gasteiger partial charge in [-0.25, -0.2) is 9.59 Å². The lowest BCUT2D eigenvalue weighted by Crippen LogP contribution is -2.12. The summed E-state index contributed by atoms with van der Waals surface area (Å²) >= 11 is 16.5. The van der Waals surface area contributed by atoms with Gasteiger partial charge in [-0.15, -0.1) is 22.7 Å². The molecular formula is C38H25Cl2IN6O11S2. The molecule has 0 spiro atoms. The molecule has 7 aromatic rings. The maximum atomic E-state index is 11.9. The molecule has 0 saturated heterocycles. The highest BCUT2D eigenvalue weighted by Gasteiger charge is 2.27. The molecule has 1 amide bonds. The lowest BCUT2D eigenvalue weighted by Gasteiger charge is -2.05. The number of fused-ring (bicyclic) bond motifs is 3. The van der Waals surface area contributed by atoms with E-state index in [0.717, 1.165) is 48.3 Å². The highest BCUT2D eigenvalue weighted by atomic mass is 127. The van der Waals surface area contributed by atoms with Gasteiger partial charge in [0.15, 0.2) is 0 Å². The van der Waals surface area contributed by atoms with Crippen molar-refractivity contribution in [2.24, 2.45) is 11.7 Å². The van der Waals surface area contributed by atoms with Crippen LogP contribution >= 0.6 is 68.5 Å². The molecule has 306 valence electrons. The molecule has 7 N–H and O–H groups in total. The van der Waals surface area contributed by atoms with E-state index in [-0.39, 0.29) is 44.1 Å². The van der Waals surface area contributed by atoms with E-state index in [1.165, 1.54) is 29.5 Å². The molecule has 0 unspecified atom stereocenters. The number of rotatable bonds is 7. The summed E-state index contributed by atoms with van der Waals surface area (Å²) in [6, 6.07) is 26.8. The van der Waals surface area contributed by atoms with Crippen LogP contribution in [0, 0.1) is 33.9 Å². The molecule has 8 rings (SSSR count). The van der Waals surface area contributed by atoms with Gasteiger partial charge in [-0.05, 0) is 63.2 Å². The summed E-state index contributed by atoms with van der Waals surface area (Å²) in [6.07, 6.45) is 0. The normalized spacial score (nSPS) is 11.2. The van der Waals surface area contributed by atoms with Crippen molar-refractivity contribution in [3.05, 3.63) is 163 Å². The number of thiophene rings is 2. The predicted octanol–water partition coefficient (Wildman–Crippen LogP) is 9.92. The second-order valence-corrected chi connectivity index (χ2v) is 16.1. The molecule has 5 aromatic carbocycles. The third-order valence-corrected chi connectivity index (χ3v) is 12.7. The fraction of sp³-hybridized carbons (Fsp3) is 0.0263. The van der Waals surface area contributed by atoms with Crippen LogP contribution in [0.15, 0.2) is 97.1 Å². The first-order valence-electron chi connectivity index (χ1n) is 16.5. The van der Waals surface area contributed by atoms with Crippen molar-refractivity contribution in [1.82, 2.24) is 5.32 Å². The van der Waals surface area contributed by atoms with Crippen LogP contribution in [-0.4, -0.2) is 42.8 Å². The fourth-order valence-electron chi connectivity index (χ4n) is 5.75. The molecule has 22 heteroatoms. The number of amides is 1. The zero-order valence-electron chi connectivity index (χ0n) is 30.0. The first-order chi connectivity index (χ1) is 28.5. The number of carboxylic acids is 2. The average Bonchev–Trinajstić information content (AvgIpc) is 3.96. The van der Waals surface area contributed by atoms with Crippen LogP contribution in [0.2, 0.25) is 10.0 Å². The van der Waals surface area contributed by atoms with E-state index in [0.29, 0.717) is 26.1 Å². The zero-order valence-corrected chi connectivity index (χ0v) is 35.3. The van der Waals surface area contributed by atoms with Gasteiger partial charge < -0.3 is 15.5 Å². The van der Waals surface area contributed by atoms with E-state index in [1.807, 2.05) is 60.7 Å². The van der Waals surface area contributed by atoms with E-state index in [1.54, 1.807) is 40.0 Å². The highest BCUT2D eigenvalue weighted by Crippen LogP contribution is 2.41. The summed E-state index contributed by atoms with van der Waals surface area (Å²) in [4.78, 5) is 66.2. The van der Waals surface area contributed by atoms with Crippen LogP contribution in [0.4, 0.5) is 17.1 Å². The number of carbonyl (C=O) groups is 3. The van der Waals surface area contributed by atoms with Crippen LogP contribution in [0.3, 0.4) is 0 Å². The van der Waals surface area contributed by atoms with Crippen molar-refractivity contribution in [1.29, 1.82) is 0 Å². The number of hydrogen-bond donors (Lipinski definition) is 5. The van der Waals surface area contributed by atoms with Crippen molar-refractivity contribution < 1.29 is 39.4 Å². The molecule has 0 radical (unpaired) electrons. The largest absolute Gasteiger partial charge is 0.478 e. The van der Waals surface area contributed by atoms with Crippen LogP contribution < -0.4 is 17.0 Å². The predicted molar refractivity (Wildman–Crippen MR) is 237 cm³/mol. The van der Waals surface area contributed by atoms with Crippen molar-refractivity contribution in [3.8, 4) is 20.9 Å². The number of carboxylic acid groups (broad SMARTS) is 2. The van der Waals surface area contributed by atoms with Gasteiger partial charge >= 0.3 is 11.9 Å². The van der Waals surface area contributed by atoms with Crippen molar-refractivity contribution >= 4 is 124 Å². The minimum atomic E-state index is -1.30. The molecule has 0 atom stereocenters. The van der Waals surface area contributed by atoms with Gasteiger partial charge in [0.2, 0.25) is 0 Å². The Morgan fingerprint density at radius 2 is 1.07 bits per heavy atom. The van der Waals surface area contributed by atoms with Gasteiger partial charge in [0.05, 0.1) is 41.5 Å². The van der Waals surface area contributed by atoms with E-state index in [4.69, 9.17) is 28.3 Å². The Labute approximate surface area is 368 Å². The molecule has 3 heterocycles. The molecule has 0 fully saturated rings. The molecule has 60 heavy (non-hydrogen) atoms. The molecule has 0 bridgehead atoms. The molecule has 17 nitrogen and oxygen atoms in total. The molecule has 0 aliphatic carbocycles. The minimum absolute atomic E-state index is 0.00431. The van der Waals surface area contributed by atoms with Gasteiger partial charge in [0.1, 0.15) is 0 Å². The Morgan fingerprint density at radius 3 is 1.55 bits per heavy atom. The van der Waals surface area contributed by atoms with Gasteiger partial charge in [0.25, 0.3) is 23.0 Å². The maximum Gasteiger partial charge on any atom is 0.337 e. The lowest BCUT2D eigenvalue weighted by molar-refractivity contribution is -0.385. The van der Waals surface area contributed by atoms with E-state index >= 15 is 0 Å². The van der Waals surface area contributed by atoms with Gasteiger partial charge in [-0.2, -0.15) is 0 Å². The number of nitrogens with two attached hydrogens (primary N) is 2. The number of halogens is 3. The van der Waals surface area contributed by atoms with Crippen LogP contribution in [0.5, 0.6) is 0 Å². The Kier molecular flexibility index (Phi) is 14.4. The number of nitrogens with one attached hydrogen (secondary N) is 1. The van der Waals surface area contributed by atoms with Gasteiger partial charge in [0, 0.05) is 76.8 Å². The molecule has 0 saturated carbocycles. The quantitative estimate of drug-likeness (QED) is 0.0430. The first-order valence-corrected chi connectivity index (χ1v) is 20.0. The minimum Gasteiger partial charge on any atom is -0.478 e. The second-order valence-electron chi connectivity index (χ2n) is 12.0. The second kappa shape index (κ2) is 19.3. The number of nitro groups is 3. The summed E-state index contributed by atoms with van der Waals surface area (Å²) in [7, 11) is 0. The number of hydrogen-bond acceptors (Lipinski definition) is 13. The summed E-state index contributed by atoms with van der Waals surface area (Å²) in [6.45, 7) is 0.412. The third kappa shape index (κ3) is 9.82. The zero-order chi connectivity index (χ0) is 44.0. The summed E-state index contributed by atoms with van der Waals surface area (Å²) < 4.78 is 2.46. The number of non-ortho nitro benzene ring substituents is 3. The van der Waals surface area contributed by atoms with Crippen LogP contribution in [0.25, 0.3) is 41.1 Å². The van der Waals surface area contributed by atoms with E-state index in [2.05, 4.69) is 17.0 Å². The standard InChI is InChI=1S/C16H10N2O3S.C15H8ClNO4S.C7H3ClINO4.H4N2/c19-16-12-7-10(18(20)21)6-11(13(12)8-17-16)15-5-9-3-1-2-4-14(9)22-15;16-14-10(6-9(17(20)21)7-11(14)15(18)19)13-5-8-3-1-2-4-12(8)22-13;8-6-4(7(11)12)1-3(10(13)14)2-5(6)9;1-2/h1-7H,8H2,(H,17,19);1-7H,(H,18,19);1-2H,(H,11,12);1-2H2. The molecular weight excluding hydrogens is 978 g/mol. The first kappa shape index (κ1) is 45.0. The Morgan fingerprint density at radius 1 is 0.650 bits per heavy atom. The highest BCUT2D eigenvalue weighted by molar-refractivity contribution is 14.1. The van der Waals surface area contributed by atoms with Gasteiger partial charge in [-0.1, -0.05) is 59.6 Å². The topological polar surface area (TPSA) is 285 Å². The average molecular weight is 1000 g/mol. The number of nitro benzene ring substituents is 3. The summed E-state index contributed by atoms with van der Waals surface area (Å²) in [5, 5.41) is 55.3. The van der Waals surface area contributed by atoms with E-state index in [9.17, 15) is 49.8 Å². The van der Waals surface area contributed by atoms with Crippen molar-refractivity contribution in [2.75, 3.05) is 0 Å². The smallest absolute Gasteiger partial charge is 0.337 e. The number of hydrazine groups is 1. The number of benzene rings is 5. The Balaban J connectivity index is 0.000000172.